The van der Waals surface area contributed by atoms with E-state index in [0.29, 0.717) is 47.8 Å². The third-order valence-corrected chi connectivity index (χ3v) is 4.73. The van der Waals surface area contributed by atoms with Crippen LogP contribution in [0.15, 0.2) is 49.1 Å². The summed E-state index contributed by atoms with van der Waals surface area (Å²) >= 11 is 0. The molecule has 0 aromatic heterocycles. The Morgan fingerprint density at radius 2 is 2.00 bits per heavy atom. The van der Waals surface area contributed by atoms with Gasteiger partial charge in [0.25, 0.3) is 5.92 Å². The average Bonchev–Trinajstić information content (AvgIpc) is 3.04. The van der Waals surface area contributed by atoms with E-state index >= 15 is 0 Å². The molecule has 1 aliphatic carbocycles. The van der Waals surface area contributed by atoms with E-state index in [4.69, 9.17) is 9.84 Å². The maximum absolute atomic E-state index is 14.0. The van der Waals surface area contributed by atoms with E-state index in [1.54, 1.807) is 18.2 Å². The van der Waals surface area contributed by atoms with Crippen molar-refractivity contribution >= 4 is 11.8 Å². The molecule has 2 aromatic carbocycles. The number of alkyl halides is 2. The standard InChI is InChI=1S/C22H20F2O4/c1-2-22(23,24)16-6-3-5-14(11-16)18-12-15-8-9-19(25)17(15)13-20(18)28-10-4-7-21(26)27/h2-3,5-6,11-13H,1,4,7-10H2,(H,26,27). The van der Waals surface area contributed by atoms with Crippen LogP contribution in [0.2, 0.25) is 0 Å². The molecule has 0 atom stereocenters. The summed E-state index contributed by atoms with van der Waals surface area (Å²) in [4.78, 5) is 22.7. The number of fused-ring (bicyclic) bond motifs is 1. The zero-order valence-electron chi connectivity index (χ0n) is 15.2. The number of carboxylic acids is 1. The van der Waals surface area contributed by atoms with Crippen LogP contribution >= 0.6 is 0 Å². The van der Waals surface area contributed by atoms with Gasteiger partial charge in [-0.1, -0.05) is 24.8 Å². The Bertz CT molecular complexity index is 934. The van der Waals surface area contributed by atoms with Crippen molar-refractivity contribution < 1.29 is 28.2 Å². The third kappa shape index (κ3) is 4.11. The molecule has 0 saturated carbocycles. The number of Topliss-reactive ketones (excluding diaryl/α,β-unsaturated/α-hetero) is 1. The summed E-state index contributed by atoms with van der Waals surface area (Å²) < 4.78 is 33.8. The van der Waals surface area contributed by atoms with Gasteiger partial charge < -0.3 is 9.84 Å². The lowest BCUT2D eigenvalue weighted by atomic mass is 9.96. The first kappa shape index (κ1) is 19.7. The topological polar surface area (TPSA) is 63.6 Å². The van der Waals surface area contributed by atoms with Crippen molar-refractivity contribution in [1.82, 2.24) is 0 Å². The minimum Gasteiger partial charge on any atom is -0.493 e. The van der Waals surface area contributed by atoms with E-state index in [-0.39, 0.29) is 24.4 Å². The molecular formula is C22H20F2O4. The molecule has 0 amide bonds. The Balaban J connectivity index is 1.99. The molecule has 1 aliphatic rings. The lowest BCUT2D eigenvalue weighted by Crippen LogP contribution is -2.09. The van der Waals surface area contributed by atoms with Gasteiger partial charge in [-0.25, -0.2) is 0 Å². The first-order chi connectivity index (χ1) is 13.3. The minimum atomic E-state index is -3.16. The van der Waals surface area contributed by atoms with E-state index in [2.05, 4.69) is 6.58 Å². The van der Waals surface area contributed by atoms with Crippen LogP contribution in [0.4, 0.5) is 8.78 Å². The summed E-state index contributed by atoms with van der Waals surface area (Å²) in [7, 11) is 0. The molecule has 3 rings (SSSR count). The van der Waals surface area contributed by atoms with Gasteiger partial charge >= 0.3 is 5.97 Å². The highest BCUT2D eigenvalue weighted by Gasteiger charge is 2.28. The molecule has 4 nitrogen and oxygen atoms in total. The van der Waals surface area contributed by atoms with Gasteiger partial charge in [0.05, 0.1) is 6.61 Å². The van der Waals surface area contributed by atoms with Crippen molar-refractivity contribution in [2.24, 2.45) is 0 Å². The fraction of sp³-hybridized carbons (Fsp3) is 0.273. The van der Waals surface area contributed by atoms with Crippen LogP contribution in [-0.2, 0) is 17.1 Å². The third-order valence-electron chi connectivity index (χ3n) is 4.73. The summed E-state index contributed by atoms with van der Waals surface area (Å²) in [6, 6.07) is 9.39. The van der Waals surface area contributed by atoms with Gasteiger partial charge in [0.2, 0.25) is 0 Å². The van der Waals surface area contributed by atoms with E-state index in [1.165, 1.54) is 18.2 Å². The van der Waals surface area contributed by atoms with Crippen molar-refractivity contribution in [1.29, 1.82) is 0 Å². The number of carbonyl (C=O) groups is 2. The van der Waals surface area contributed by atoms with Crippen LogP contribution in [-0.4, -0.2) is 23.5 Å². The molecule has 0 heterocycles. The molecule has 146 valence electrons. The maximum atomic E-state index is 14.0. The van der Waals surface area contributed by atoms with Gasteiger partial charge in [-0.2, -0.15) is 8.78 Å². The highest BCUT2D eigenvalue weighted by atomic mass is 19.3. The Labute approximate surface area is 161 Å². The Kier molecular flexibility index (Phi) is 5.58. The smallest absolute Gasteiger partial charge is 0.303 e. The zero-order chi connectivity index (χ0) is 20.3. The molecular weight excluding hydrogens is 366 g/mol. The normalized spacial score (nSPS) is 13.3. The Morgan fingerprint density at radius 3 is 2.71 bits per heavy atom. The summed E-state index contributed by atoms with van der Waals surface area (Å²) in [6.07, 6.45) is 1.86. The van der Waals surface area contributed by atoms with Gasteiger partial charge in [0, 0.05) is 29.5 Å². The van der Waals surface area contributed by atoms with Gasteiger partial charge in [0.1, 0.15) is 5.75 Å². The van der Waals surface area contributed by atoms with Crippen LogP contribution in [0.5, 0.6) is 5.75 Å². The summed E-state index contributed by atoms with van der Waals surface area (Å²) in [5.74, 6) is -3.68. The highest BCUT2D eigenvalue weighted by molar-refractivity contribution is 6.01. The molecule has 0 fully saturated rings. The van der Waals surface area contributed by atoms with Crippen molar-refractivity contribution in [3.63, 3.8) is 0 Å². The molecule has 2 aromatic rings. The number of aliphatic carboxylic acids is 1. The van der Waals surface area contributed by atoms with Gasteiger partial charge in [-0.05, 0) is 48.2 Å². The fourth-order valence-electron chi connectivity index (χ4n) is 3.24. The fourth-order valence-corrected chi connectivity index (χ4v) is 3.24. The average molecular weight is 386 g/mol. The lowest BCUT2D eigenvalue weighted by Gasteiger charge is -2.16. The number of aryl methyl sites for hydroxylation is 1. The SMILES string of the molecule is C=CC(F)(F)c1cccc(-c2cc3c(cc2OCCCC(=O)O)C(=O)CC3)c1. The number of carbonyl (C=O) groups excluding carboxylic acids is 1. The van der Waals surface area contributed by atoms with Crippen molar-refractivity contribution in [3.8, 4) is 16.9 Å². The number of halogens is 2. The van der Waals surface area contributed by atoms with E-state index in [9.17, 15) is 18.4 Å². The predicted molar refractivity (Wildman–Crippen MR) is 101 cm³/mol. The number of hydrogen-bond donors (Lipinski definition) is 1. The number of ketones is 1. The number of ether oxygens (including phenoxy) is 1. The first-order valence-corrected chi connectivity index (χ1v) is 8.99. The second-order valence-electron chi connectivity index (χ2n) is 6.68. The van der Waals surface area contributed by atoms with Gasteiger partial charge in [-0.3, -0.25) is 9.59 Å². The van der Waals surface area contributed by atoms with Crippen LogP contribution in [0.25, 0.3) is 11.1 Å². The first-order valence-electron chi connectivity index (χ1n) is 8.99. The number of allylic oxidation sites excluding steroid dienone is 1. The largest absolute Gasteiger partial charge is 0.493 e. The molecule has 0 bridgehead atoms. The van der Waals surface area contributed by atoms with Crippen LogP contribution in [0.1, 0.15) is 40.7 Å². The predicted octanol–water partition coefficient (Wildman–Crippen LogP) is 5.00. The van der Waals surface area contributed by atoms with Gasteiger partial charge in [-0.15, -0.1) is 0 Å². The summed E-state index contributed by atoms with van der Waals surface area (Å²) in [5, 5.41) is 8.76. The molecule has 0 spiro atoms. The zero-order valence-corrected chi connectivity index (χ0v) is 15.2. The molecule has 1 N–H and O–H groups in total. The minimum absolute atomic E-state index is 0.0175. The lowest BCUT2D eigenvalue weighted by molar-refractivity contribution is -0.137. The summed E-state index contributed by atoms with van der Waals surface area (Å²) in [6.45, 7) is 3.34. The van der Waals surface area contributed by atoms with Gasteiger partial charge in [0.15, 0.2) is 5.78 Å². The number of hydrogen-bond acceptors (Lipinski definition) is 3. The van der Waals surface area contributed by atoms with Crippen LogP contribution < -0.4 is 4.74 Å². The van der Waals surface area contributed by atoms with E-state index < -0.39 is 11.9 Å². The van der Waals surface area contributed by atoms with Crippen molar-refractivity contribution in [2.75, 3.05) is 6.61 Å². The highest BCUT2D eigenvalue weighted by Crippen LogP contribution is 2.38. The molecule has 28 heavy (non-hydrogen) atoms. The second-order valence-corrected chi connectivity index (χ2v) is 6.68. The van der Waals surface area contributed by atoms with Crippen molar-refractivity contribution in [3.05, 3.63) is 65.7 Å². The summed E-state index contributed by atoms with van der Waals surface area (Å²) in [5.41, 5.74) is 2.39. The monoisotopic (exact) mass is 386 g/mol. The maximum Gasteiger partial charge on any atom is 0.303 e. The number of carboxylic acid groups (broad SMARTS) is 1. The second kappa shape index (κ2) is 7.92. The van der Waals surface area contributed by atoms with E-state index in [1.807, 2.05) is 0 Å². The number of benzene rings is 2. The quantitative estimate of drug-likeness (QED) is 0.512. The molecule has 0 saturated heterocycles. The molecule has 0 unspecified atom stereocenters. The van der Waals surface area contributed by atoms with Crippen molar-refractivity contribution in [2.45, 2.75) is 31.6 Å². The molecule has 0 radical (unpaired) electrons. The number of rotatable bonds is 8. The van der Waals surface area contributed by atoms with Crippen LogP contribution in [0, 0.1) is 0 Å². The Hall–Kier alpha value is -3.02. The molecule has 6 heteroatoms. The van der Waals surface area contributed by atoms with Crippen LogP contribution in [0.3, 0.4) is 0 Å². The Morgan fingerprint density at radius 1 is 1.21 bits per heavy atom. The van der Waals surface area contributed by atoms with E-state index in [0.717, 1.165) is 5.56 Å². The molecule has 0 aliphatic heterocycles.